The second-order valence-corrected chi connectivity index (χ2v) is 6.04. The van der Waals surface area contributed by atoms with Gasteiger partial charge in [-0.25, -0.2) is 4.98 Å². The first-order valence-corrected chi connectivity index (χ1v) is 7.72. The van der Waals surface area contributed by atoms with Gasteiger partial charge in [0.05, 0.1) is 18.1 Å². The van der Waals surface area contributed by atoms with Gasteiger partial charge in [0.2, 0.25) is 5.91 Å². The monoisotopic (exact) mass is 323 g/mol. The highest BCUT2D eigenvalue weighted by Gasteiger charge is 2.19. The summed E-state index contributed by atoms with van der Waals surface area (Å²) in [5, 5.41) is 11.0. The summed E-state index contributed by atoms with van der Waals surface area (Å²) in [4.78, 5) is 41.5. The van der Waals surface area contributed by atoms with E-state index in [0.717, 1.165) is 0 Å². The van der Waals surface area contributed by atoms with Crippen LogP contribution in [-0.2, 0) is 16.1 Å². The molecule has 0 aliphatic rings. The number of hydrogen-bond acceptors (Lipinski definition) is 5. The van der Waals surface area contributed by atoms with Gasteiger partial charge in [-0.2, -0.15) is 0 Å². The number of rotatable bonds is 6. The van der Waals surface area contributed by atoms with Gasteiger partial charge in [0, 0.05) is 12.6 Å². The first-order chi connectivity index (χ1) is 10.4. The summed E-state index contributed by atoms with van der Waals surface area (Å²) in [7, 11) is 0. The molecular formula is C14H17N3O4S. The lowest BCUT2D eigenvalue weighted by atomic mass is 10.2. The molecule has 0 unspecified atom stereocenters. The summed E-state index contributed by atoms with van der Waals surface area (Å²) in [6.45, 7) is 3.59. The zero-order chi connectivity index (χ0) is 16.3. The first-order valence-electron chi connectivity index (χ1n) is 6.84. The average molecular weight is 323 g/mol. The molecular weight excluding hydrogens is 306 g/mol. The number of hydrogen-bond donors (Lipinski definition) is 1. The standard InChI is InChI=1S/C14H17N3O4S/c1-9(2)17(5-3-12(19)20)11(18)7-16-8-15-13-10(14(16)21)4-6-22-13/h4,6,8-9H,3,5,7H2,1-2H3,(H,19,20). The lowest BCUT2D eigenvalue weighted by Gasteiger charge is -2.26. The molecule has 118 valence electrons. The highest BCUT2D eigenvalue weighted by Crippen LogP contribution is 2.13. The molecule has 0 atom stereocenters. The molecule has 1 amide bonds. The van der Waals surface area contributed by atoms with Crippen LogP contribution in [0.15, 0.2) is 22.6 Å². The molecule has 8 heteroatoms. The molecule has 2 rings (SSSR count). The molecule has 0 spiro atoms. The summed E-state index contributed by atoms with van der Waals surface area (Å²) in [6.07, 6.45) is 1.23. The van der Waals surface area contributed by atoms with Gasteiger partial charge in [0.15, 0.2) is 0 Å². The van der Waals surface area contributed by atoms with Crippen LogP contribution in [0.1, 0.15) is 20.3 Å². The van der Waals surface area contributed by atoms with Gasteiger partial charge in [0.25, 0.3) is 5.56 Å². The summed E-state index contributed by atoms with van der Waals surface area (Å²) in [5.41, 5.74) is -0.262. The van der Waals surface area contributed by atoms with Crippen LogP contribution in [0.3, 0.4) is 0 Å². The summed E-state index contributed by atoms with van der Waals surface area (Å²) < 4.78 is 1.26. The van der Waals surface area contributed by atoms with Crippen LogP contribution >= 0.6 is 11.3 Å². The number of thiophene rings is 1. The minimum atomic E-state index is -0.961. The van der Waals surface area contributed by atoms with Crippen molar-refractivity contribution in [3.05, 3.63) is 28.1 Å². The molecule has 2 aromatic heterocycles. The fourth-order valence-electron chi connectivity index (χ4n) is 2.13. The van der Waals surface area contributed by atoms with E-state index < -0.39 is 5.97 Å². The van der Waals surface area contributed by atoms with E-state index in [1.807, 2.05) is 13.8 Å². The molecule has 2 aromatic rings. The van der Waals surface area contributed by atoms with E-state index in [2.05, 4.69) is 4.98 Å². The highest BCUT2D eigenvalue weighted by molar-refractivity contribution is 7.16. The van der Waals surface area contributed by atoms with Crippen LogP contribution < -0.4 is 5.56 Å². The van der Waals surface area contributed by atoms with E-state index in [9.17, 15) is 14.4 Å². The summed E-state index contributed by atoms with van der Waals surface area (Å²) >= 11 is 1.37. The molecule has 0 bridgehead atoms. The van der Waals surface area contributed by atoms with Gasteiger partial charge in [-0.05, 0) is 25.3 Å². The van der Waals surface area contributed by atoms with E-state index in [1.165, 1.54) is 27.1 Å². The van der Waals surface area contributed by atoms with Gasteiger partial charge >= 0.3 is 5.97 Å². The van der Waals surface area contributed by atoms with Crippen molar-refractivity contribution in [2.24, 2.45) is 0 Å². The number of carboxylic acids is 1. The number of fused-ring (bicyclic) bond motifs is 1. The highest BCUT2D eigenvalue weighted by atomic mass is 32.1. The SMILES string of the molecule is CC(C)N(CCC(=O)O)C(=O)Cn1cnc2sccc2c1=O. The Kier molecular flexibility index (Phi) is 4.92. The van der Waals surface area contributed by atoms with E-state index in [1.54, 1.807) is 11.4 Å². The molecule has 1 N–H and O–H groups in total. The Labute approximate surface area is 130 Å². The minimum absolute atomic E-state index is 0.120. The quantitative estimate of drug-likeness (QED) is 0.861. The Balaban J connectivity index is 2.18. The van der Waals surface area contributed by atoms with Crippen LogP contribution in [0.5, 0.6) is 0 Å². The van der Waals surface area contributed by atoms with Crippen molar-refractivity contribution in [3.63, 3.8) is 0 Å². The van der Waals surface area contributed by atoms with Crippen molar-refractivity contribution >= 4 is 33.4 Å². The number of carbonyl (C=O) groups excluding carboxylic acids is 1. The van der Waals surface area contributed by atoms with Crippen molar-refractivity contribution in [2.45, 2.75) is 32.9 Å². The van der Waals surface area contributed by atoms with Crippen molar-refractivity contribution in [1.29, 1.82) is 0 Å². The van der Waals surface area contributed by atoms with Crippen molar-refractivity contribution in [1.82, 2.24) is 14.5 Å². The maximum atomic E-state index is 12.3. The van der Waals surface area contributed by atoms with Crippen LogP contribution in [0.2, 0.25) is 0 Å². The van der Waals surface area contributed by atoms with Gasteiger partial charge in [-0.3, -0.25) is 19.0 Å². The number of nitrogens with zero attached hydrogens (tertiary/aromatic N) is 3. The molecule has 7 nitrogen and oxygen atoms in total. The Hall–Kier alpha value is -2.22. The maximum absolute atomic E-state index is 12.3. The summed E-state index contributed by atoms with van der Waals surface area (Å²) in [6, 6.07) is 1.54. The van der Waals surface area contributed by atoms with Crippen LogP contribution in [0.25, 0.3) is 10.2 Å². The van der Waals surface area contributed by atoms with Crippen LogP contribution in [0.4, 0.5) is 0 Å². The average Bonchev–Trinajstić information content (AvgIpc) is 2.90. The fraction of sp³-hybridized carbons (Fsp3) is 0.429. The molecule has 0 radical (unpaired) electrons. The van der Waals surface area contributed by atoms with E-state index in [4.69, 9.17) is 5.11 Å². The van der Waals surface area contributed by atoms with Gasteiger partial charge in [0.1, 0.15) is 11.4 Å². The van der Waals surface area contributed by atoms with Gasteiger partial charge in [-0.15, -0.1) is 11.3 Å². The number of aromatic nitrogens is 2. The lowest BCUT2D eigenvalue weighted by molar-refractivity contribution is -0.139. The smallest absolute Gasteiger partial charge is 0.305 e. The van der Waals surface area contributed by atoms with E-state index in [0.29, 0.717) is 10.2 Å². The zero-order valence-electron chi connectivity index (χ0n) is 12.4. The normalized spacial score (nSPS) is 11.0. The topological polar surface area (TPSA) is 92.5 Å². The molecule has 0 aliphatic heterocycles. The molecule has 0 aromatic carbocycles. The minimum Gasteiger partial charge on any atom is -0.481 e. The van der Waals surface area contributed by atoms with Crippen molar-refractivity contribution in [3.8, 4) is 0 Å². The second kappa shape index (κ2) is 6.69. The van der Waals surface area contributed by atoms with Crippen LogP contribution in [0, 0.1) is 0 Å². The number of amides is 1. The van der Waals surface area contributed by atoms with Gasteiger partial charge in [-0.1, -0.05) is 0 Å². The van der Waals surface area contributed by atoms with E-state index in [-0.39, 0.29) is 37.0 Å². The van der Waals surface area contributed by atoms with Crippen LogP contribution in [-0.4, -0.2) is 44.0 Å². The Morgan fingerprint density at radius 1 is 1.45 bits per heavy atom. The molecule has 0 saturated carbocycles. The number of aliphatic carboxylic acids is 1. The first kappa shape index (κ1) is 16.2. The largest absolute Gasteiger partial charge is 0.481 e. The number of carbonyl (C=O) groups is 2. The molecule has 22 heavy (non-hydrogen) atoms. The van der Waals surface area contributed by atoms with E-state index >= 15 is 0 Å². The molecule has 0 saturated heterocycles. The van der Waals surface area contributed by atoms with Crippen molar-refractivity contribution < 1.29 is 14.7 Å². The zero-order valence-corrected chi connectivity index (χ0v) is 13.2. The number of carboxylic acid groups (broad SMARTS) is 1. The maximum Gasteiger partial charge on any atom is 0.305 e. The van der Waals surface area contributed by atoms with Crippen molar-refractivity contribution in [2.75, 3.05) is 6.54 Å². The third kappa shape index (κ3) is 3.51. The Morgan fingerprint density at radius 2 is 2.18 bits per heavy atom. The lowest BCUT2D eigenvalue weighted by Crippen LogP contribution is -2.41. The second-order valence-electron chi connectivity index (χ2n) is 5.14. The molecule has 2 heterocycles. The predicted molar refractivity (Wildman–Crippen MR) is 83.0 cm³/mol. The Bertz CT molecular complexity index is 750. The van der Waals surface area contributed by atoms with Gasteiger partial charge < -0.3 is 10.0 Å². The third-order valence-electron chi connectivity index (χ3n) is 3.27. The third-order valence-corrected chi connectivity index (χ3v) is 4.09. The summed E-state index contributed by atoms with van der Waals surface area (Å²) in [5.74, 6) is -1.26. The predicted octanol–water partition coefficient (Wildman–Crippen LogP) is 1.17. The molecule has 0 fully saturated rings. The fourth-order valence-corrected chi connectivity index (χ4v) is 2.85. The molecule has 0 aliphatic carbocycles. The Morgan fingerprint density at radius 3 is 2.82 bits per heavy atom.